The average molecular weight is 462 g/mol. The van der Waals surface area contributed by atoms with Gasteiger partial charge in [-0.3, -0.25) is 0 Å². The zero-order valence-corrected chi connectivity index (χ0v) is 19.3. The van der Waals surface area contributed by atoms with E-state index in [1.54, 1.807) is 7.11 Å². The lowest BCUT2D eigenvalue weighted by Gasteiger charge is -2.31. The summed E-state index contributed by atoms with van der Waals surface area (Å²) in [5.74, 6) is 1.72. The number of ether oxygens (including phenoxy) is 2. The van der Waals surface area contributed by atoms with Gasteiger partial charge in [-0.25, -0.2) is 0 Å². The van der Waals surface area contributed by atoms with Crippen molar-refractivity contribution in [1.82, 2.24) is 15.3 Å². The van der Waals surface area contributed by atoms with E-state index in [1.807, 2.05) is 18.2 Å². The summed E-state index contributed by atoms with van der Waals surface area (Å²) in [6, 6.07) is 10.0. The molecule has 31 heavy (non-hydrogen) atoms. The van der Waals surface area contributed by atoms with Crippen LogP contribution in [0, 0.1) is 0 Å². The molecule has 0 radical (unpaired) electrons. The number of aromatic nitrogens is 2. The van der Waals surface area contributed by atoms with E-state index < -0.39 is 0 Å². The van der Waals surface area contributed by atoms with Gasteiger partial charge in [-0.05, 0) is 42.8 Å². The number of hydrogen-bond donors (Lipinski definition) is 2. The SMILES string of the molecule is COc1cc(N2CCOCC2)nc(NC(=S)NCC2(c3ccc(Cl)cc3)CCCC2)n1. The van der Waals surface area contributed by atoms with Gasteiger partial charge in [-0.1, -0.05) is 36.6 Å². The van der Waals surface area contributed by atoms with Crippen LogP contribution in [0.25, 0.3) is 0 Å². The number of anilines is 2. The van der Waals surface area contributed by atoms with Gasteiger partial charge in [0.15, 0.2) is 5.11 Å². The molecule has 2 N–H and O–H groups in total. The number of hydrogen-bond acceptors (Lipinski definition) is 6. The Morgan fingerprint density at radius 3 is 2.58 bits per heavy atom. The quantitative estimate of drug-likeness (QED) is 0.630. The van der Waals surface area contributed by atoms with E-state index in [9.17, 15) is 0 Å². The molecule has 4 rings (SSSR count). The summed E-state index contributed by atoms with van der Waals surface area (Å²) in [6.45, 7) is 3.68. The highest BCUT2D eigenvalue weighted by atomic mass is 35.5. The fraction of sp³-hybridized carbons (Fsp3) is 0.500. The number of nitrogens with zero attached hydrogens (tertiary/aromatic N) is 3. The van der Waals surface area contributed by atoms with Crippen molar-refractivity contribution in [3.05, 3.63) is 40.9 Å². The molecule has 0 bridgehead atoms. The van der Waals surface area contributed by atoms with Crippen molar-refractivity contribution in [3.8, 4) is 5.88 Å². The minimum Gasteiger partial charge on any atom is -0.481 e. The van der Waals surface area contributed by atoms with Gasteiger partial charge in [-0.15, -0.1) is 0 Å². The van der Waals surface area contributed by atoms with Gasteiger partial charge < -0.3 is 25.0 Å². The Morgan fingerprint density at radius 1 is 1.19 bits per heavy atom. The summed E-state index contributed by atoms with van der Waals surface area (Å²) in [5, 5.41) is 7.79. The number of halogens is 1. The Bertz CT molecular complexity index is 899. The fourth-order valence-electron chi connectivity index (χ4n) is 4.35. The minimum absolute atomic E-state index is 0.0600. The number of benzene rings is 1. The highest BCUT2D eigenvalue weighted by molar-refractivity contribution is 7.80. The second-order valence-corrected chi connectivity index (χ2v) is 8.84. The maximum absolute atomic E-state index is 6.09. The normalized spacial score (nSPS) is 17.9. The number of morpholine rings is 1. The first-order valence-electron chi connectivity index (χ1n) is 10.6. The van der Waals surface area contributed by atoms with Crippen molar-refractivity contribution >= 4 is 40.7 Å². The summed E-state index contributed by atoms with van der Waals surface area (Å²) >= 11 is 11.7. The molecule has 2 aromatic rings. The van der Waals surface area contributed by atoms with Crippen LogP contribution >= 0.6 is 23.8 Å². The molecule has 0 spiro atoms. The Hall–Kier alpha value is -2.16. The topological polar surface area (TPSA) is 71.5 Å². The number of rotatable bonds is 6. The first kappa shape index (κ1) is 22.0. The van der Waals surface area contributed by atoms with Crippen molar-refractivity contribution in [3.63, 3.8) is 0 Å². The zero-order valence-electron chi connectivity index (χ0n) is 17.7. The molecule has 0 unspecified atom stereocenters. The minimum atomic E-state index is 0.0600. The van der Waals surface area contributed by atoms with Gasteiger partial charge in [0.25, 0.3) is 0 Å². The second-order valence-electron chi connectivity index (χ2n) is 7.99. The second kappa shape index (κ2) is 9.97. The molecule has 2 fully saturated rings. The standard InChI is InChI=1S/C22H28ClN5O2S/c1-29-19-14-18(28-10-12-30-13-11-28)25-20(26-19)27-21(31)24-15-22(8-2-3-9-22)16-4-6-17(23)7-5-16/h4-7,14H,2-3,8-13,15H2,1H3,(H2,24,25,26,27,31). The monoisotopic (exact) mass is 461 g/mol. The molecule has 0 atom stereocenters. The van der Waals surface area contributed by atoms with Crippen molar-refractivity contribution in [2.45, 2.75) is 31.1 Å². The molecular weight excluding hydrogens is 434 g/mol. The molecule has 1 saturated carbocycles. The molecule has 9 heteroatoms. The van der Waals surface area contributed by atoms with E-state index in [-0.39, 0.29) is 5.41 Å². The lowest BCUT2D eigenvalue weighted by Crippen LogP contribution is -2.41. The van der Waals surface area contributed by atoms with Gasteiger partial charge in [0.2, 0.25) is 11.8 Å². The molecule has 1 aromatic carbocycles. The lowest BCUT2D eigenvalue weighted by atomic mass is 9.79. The van der Waals surface area contributed by atoms with E-state index in [2.05, 4.69) is 37.6 Å². The molecule has 1 aliphatic heterocycles. The molecule has 1 aliphatic carbocycles. The van der Waals surface area contributed by atoms with E-state index in [0.717, 1.165) is 43.3 Å². The van der Waals surface area contributed by atoms with Gasteiger partial charge in [0.1, 0.15) is 5.82 Å². The molecule has 2 heterocycles. The van der Waals surface area contributed by atoms with Crippen LogP contribution in [-0.2, 0) is 10.2 Å². The van der Waals surface area contributed by atoms with E-state index in [0.29, 0.717) is 30.2 Å². The van der Waals surface area contributed by atoms with Crippen molar-refractivity contribution < 1.29 is 9.47 Å². The summed E-state index contributed by atoms with van der Waals surface area (Å²) < 4.78 is 10.8. The highest BCUT2D eigenvalue weighted by Crippen LogP contribution is 2.41. The first-order chi connectivity index (χ1) is 15.1. The predicted molar refractivity (Wildman–Crippen MR) is 127 cm³/mol. The maximum Gasteiger partial charge on any atom is 0.234 e. The van der Waals surface area contributed by atoms with Crippen LogP contribution in [0.2, 0.25) is 5.02 Å². The average Bonchev–Trinajstić information content (AvgIpc) is 3.29. The zero-order chi connectivity index (χ0) is 21.7. The van der Waals surface area contributed by atoms with E-state index in [4.69, 9.17) is 33.3 Å². The molecule has 1 saturated heterocycles. The van der Waals surface area contributed by atoms with Crippen LogP contribution in [0.1, 0.15) is 31.2 Å². The van der Waals surface area contributed by atoms with Crippen LogP contribution in [0.5, 0.6) is 5.88 Å². The van der Waals surface area contributed by atoms with Gasteiger partial charge >= 0.3 is 0 Å². The van der Waals surface area contributed by atoms with Crippen LogP contribution in [0.3, 0.4) is 0 Å². The molecule has 7 nitrogen and oxygen atoms in total. The molecule has 0 amide bonds. The Morgan fingerprint density at radius 2 is 1.90 bits per heavy atom. The fourth-order valence-corrected chi connectivity index (χ4v) is 4.64. The van der Waals surface area contributed by atoms with E-state index >= 15 is 0 Å². The summed E-state index contributed by atoms with van der Waals surface area (Å²) in [7, 11) is 1.60. The highest BCUT2D eigenvalue weighted by Gasteiger charge is 2.35. The third-order valence-electron chi connectivity index (χ3n) is 6.06. The van der Waals surface area contributed by atoms with Gasteiger partial charge in [0, 0.05) is 36.1 Å². The maximum atomic E-state index is 6.09. The molecular formula is C22H28ClN5O2S. The van der Waals surface area contributed by atoms with Crippen molar-refractivity contribution in [1.29, 1.82) is 0 Å². The first-order valence-corrected chi connectivity index (χ1v) is 11.4. The van der Waals surface area contributed by atoms with E-state index in [1.165, 1.54) is 18.4 Å². The largest absolute Gasteiger partial charge is 0.481 e. The van der Waals surface area contributed by atoms with Crippen LogP contribution in [0.4, 0.5) is 11.8 Å². The third-order valence-corrected chi connectivity index (χ3v) is 6.56. The smallest absolute Gasteiger partial charge is 0.234 e. The molecule has 2 aliphatic rings. The van der Waals surface area contributed by atoms with Crippen LogP contribution < -0.4 is 20.3 Å². The Kier molecular flexibility index (Phi) is 7.09. The third kappa shape index (κ3) is 5.37. The Balaban J connectivity index is 1.43. The van der Waals surface area contributed by atoms with Gasteiger partial charge in [-0.2, -0.15) is 9.97 Å². The molecule has 166 valence electrons. The van der Waals surface area contributed by atoms with Gasteiger partial charge in [0.05, 0.1) is 20.3 Å². The summed E-state index contributed by atoms with van der Waals surface area (Å²) in [6.07, 6.45) is 4.68. The van der Waals surface area contributed by atoms with Crippen molar-refractivity contribution in [2.24, 2.45) is 0 Å². The summed E-state index contributed by atoms with van der Waals surface area (Å²) in [4.78, 5) is 11.2. The number of methoxy groups -OCH3 is 1. The molecule has 1 aromatic heterocycles. The number of thiocarbonyl (C=S) groups is 1. The summed E-state index contributed by atoms with van der Waals surface area (Å²) in [5.41, 5.74) is 1.36. The van der Waals surface area contributed by atoms with Crippen LogP contribution in [0.15, 0.2) is 30.3 Å². The lowest BCUT2D eigenvalue weighted by molar-refractivity contribution is 0.122. The number of nitrogens with one attached hydrogen (secondary N) is 2. The van der Waals surface area contributed by atoms with Crippen LogP contribution in [-0.4, -0.2) is 55.0 Å². The van der Waals surface area contributed by atoms with Crippen molar-refractivity contribution in [2.75, 3.05) is 50.2 Å². The predicted octanol–water partition coefficient (Wildman–Crippen LogP) is 3.77. The Labute approximate surface area is 193 Å².